The standard InChI is InChI=1S/C22H20F6N4O3/c1-10(2)20(34)35-17-16(31-7-6-13(5)29-31)19(33)32(30-18(17)22(26,27)28)15-11(3)8-14(9-12(15)4)21(23,24)25/h6-10H,1-5H3. The Morgan fingerprint density at radius 2 is 1.51 bits per heavy atom. The number of halogens is 6. The Bertz CT molecular complexity index is 1330. The van der Waals surface area contributed by atoms with Crippen LogP contribution in [0.1, 0.15) is 41.9 Å². The molecule has 0 saturated heterocycles. The van der Waals surface area contributed by atoms with Crippen LogP contribution in [0.15, 0.2) is 29.2 Å². The van der Waals surface area contributed by atoms with E-state index in [9.17, 15) is 35.9 Å². The predicted molar refractivity (Wildman–Crippen MR) is 112 cm³/mol. The van der Waals surface area contributed by atoms with Gasteiger partial charge in [-0.3, -0.25) is 9.59 Å². The summed E-state index contributed by atoms with van der Waals surface area (Å²) in [6.07, 6.45) is -8.72. The van der Waals surface area contributed by atoms with Crippen molar-refractivity contribution in [3.63, 3.8) is 0 Å². The minimum absolute atomic E-state index is 0.144. The molecule has 2 heterocycles. The second kappa shape index (κ2) is 8.86. The number of nitrogens with zero attached hydrogens (tertiary/aromatic N) is 4. The Kier molecular flexibility index (Phi) is 6.57. The first kappa shape index (κ1) is 26.0. The number of carbonyl (C=O) groups is 1. The lowest BCUT2D eigenvalue weighted by Crippen LogP contribution is -2.33. The summed E-state index contributed by atoms with van der Waals surface area (Å²) in [5, 5.41) is 7.38. The van der Waals surface area contributed by atoms with Crippen molar-refractivity contribution < 1.29 is 35.9 Å². The number of esters is 1. The minimum atomic E-state index is -5.20. The number of rotatable bonds is 4. The molecule has 0 aliphatic carbocycles. The number of ether oxygens (including phenoxy) is 1. The third kappa shape index (κ3) is 5.08. The van der Waals surface area contributed by atoms with Crippen molar-refractivity contribution in [3.8, 4) is 17.1 Å². The Morgan fingerprint density at radius 3 is 1.94 bits per heavy atom. The third-order valence-electron chi connectivity index (χ3n) is 4.95. The molecule has 0 bridgehead atoms. The van der Waals surface area contributed by atoms with Crippen LogP contribution in [-0.4, -0.2) is 25.5 Å². The number of hydrogen-bond donors (Lipinski definition) is 0. The van der Waals surface area contributed by atoms with Gasteiger partial charge in [0.15, 0.2) is 11.4 Å². The molecule has 35 heavy (non-hydrogen) atoms. The molecule has 0 saturated carbocycles. The van der Waals surface area contributed by atoms with E-state index in [1.54, 1.807) is 0 Å². The molecule has 0 atom stereocenters. The number of benzene rings is 1. The van der Waals surface area contributed by atoms with Gasteiger partial charge in [-0.1, -0.05) is 13.8 Å². The molecule has 0 fully saturated rings. The van der Waals surface area contributed by atoms with Crippen LogP contribution in [0.2, 0.25) is 0 Å². The first-order valence-electron chi connectivity index (χ1n) is 10.2. The zero-order chi connectivity index (χ0) is 26.5. The zero-order valence-electron chi connectivity index (χ0n) is 19.2. The molecule has 0 amide bonds. The topological polar surface area (TPSA) is 79.0 Å². The number of aryl methyl sites for hydroxylation is 3. The quantitative estimate of drug-likeness (QED) is 0.373. The van der Waals surface area contributed by atoms with Gasteiger partial charge in [-0.2, -0.15) is 41.2 Å². The fourth-order valence-corrected chi connectivity index (χ4v) is 3.35. The van der Waals surface area contributed by atoms with E-state index in [4.69, 9.17) is 4.74 Å². The molecule has 13 heteroatoms. The maximum absolute atomic E-state index is 14.1. The van der Waals surface area contributed by atoms with E-state index in [1.165, 1.54) is 46.9 Å². The molecule has 0 aliphatic heterocycles. The third-order valence-corrected chi connectivity index (χ3v) is 4.95. The van der Waals surface area contributed by atoms with E-state index in [2.05, 4.69) is 10.2 Å². The normalized spacial score (nSPS) is 12.3. The summed E-state index contributed by atoms with van der Waals surface area (Å²) in [5.41, 5.74) is -4.93. The van der Waals surface area contributed by atoms with Gasteiger partial charge in [0.05, 0.1) is 22.9 Å². The maximum atomic E-state index is 14.1. The van der Waals surface area contributed by atoms with Crippen LogP contribution in [0.4, 0.5) is 26.3 Å². The molecular formula is C22H20F6N4O3. The van der Waals surface area contributed by atoms with Crippen LogP contribution < -0.4 is 10.3 Å². The van der Waals surface area contributed by atoms with Crippen LogP contribution >= 0.6 is 0 Å². The smallest absolute Gasteiger partial charge is 0.421 e. The Morgan fingerprint density at radius 1 is 0.943 bits per heavy atom. The Labute approximate surface area is 194 Å². The molecule has 0 N–H and O–H groups in total. The minimum Gasteiger partial charge on any atom is -0.421 e. The fraction of sp³-hybridized carbons (Fsp3) is 0.364. The molecule has 7 nitrogen and oxygen atoms in total. The summed E-state index contributed by atoms with van der Waals surface area (Å²) < 4.78 is 88.1. The van der Waals surface area contributed by atoms with Gasteiger partial charge in [0.25, 0.3) is 0 Å². The average molecular weight is 502 g/mol. The van der Waals surface area contributed by atoms with E-state index in [0.717, 1.165) is 4.68 Å². The predicted octanol–water partition coefficient (Wildman–Crippen LogP) is 4.94. The van der Waals surface area contributed by atoms with Crippen molar-refractivity contribution in [1.82, 2.24) is 19.6 Å². The van der Waals surface area contributed by atoms with E-state index < -0.39 is 52.5 Å². The maximum Gasteiger partial charge on any atom is 0.438 e. The monoisotopic (exact) mass is 502 g/mol. The van der Waals surface area contributed by atoms with E-state index >= 15 is 0 Å². The highest BCUT2D eigenvalue weighted by Gasteiger charge is 2.42. The van der Waals surface area contributed by atoms with Crippen molar-refractivity contribution in [3.05, 3.63) is 62.8 Å². The number of carbonyl (C=O) groups excluding carboxylic acids is 1. The van der Waals surface area contributed by atoms with Gasteiger partial charge >= 0.3 is 23.9 Å². The molecule has 2 aromatic heterocycles. The molecular weight excluding hydrogens is 482 g/mol. The van der Waals surface area contributed by atoms with Gasteiger partial charge in [-0.25, -0.2) is 4.68 Å². The second-order valence-corrected chi connectivity index (χ2v) is 8.17. The first-order chi connectivity index (χ1) is 16.0. The van der Waals surface area contributed by atoms with Gasteiger partial charge in [-0.15, -0.1) is 0 Å². The molecule has 0 radical (unpaired) electrons. The fourth-order valence-electron chi connectivity index (χ4n) is 3.35. The SMILES string of the molecule is Cc1ccn(-c2c(OC(=O)C(C)C)c(C(F)(F)F)nn(-c3c(C)cc(C(F)(F)F)cc3C)c2=O)n1. The lowest BCUT2D eigenvalue weighted by Gasteiger charge is -2.20. The van der Waals surface area contributed by atoms with Gasteiger partial charge in [0, 0.05) is 6.20 Å². The lowest BCUT2D eigenvalue weighted by atomic mass is 10.0. The van der Waals surface area contributed by atoms with Crippen LogP contribution in [0.3, 0.4) is 0 Å². The highest BCUT2D eigenvalue weighted by Crippen LogP contribution is 2.38. The number of alkyl halides is 6. The van der Waals surface area contributed by atoms with Gasteiger partial charge in [0.2, 0.25) is 5.69 Å². The molecule has 3 aromatic rings. The van der Waals surface area contributed by atoms with Crippen LogP contribution in [0.25, 0.3) is 11.4 Å². The lowest BCUT2D eigenvalue weighted by molar-refractivity contribution is -0.147. The highest BCUT2D eigenvalue weighted by molar-refractivity contribution is 5.76. The molecule has 188 valence electrons. The number of aromatic nitrogens is 4. The van der Waals surface area contributed by atoms with Gasteiger partial charge < -0.3 is 4.74 Å². The summed E-state index contributed by atoms with van der Waals surface area (Å²) in [5.74, 6) is -3.05. The zero-order valence-corrected chi connectivity index (χ0v) is 19.2. The van der Waals surface area contributed by atoms with E-state index in [1.807, 2.05) is 0 Å². The van der Waals surface area contributed by atoms with Crippen LogP contribution in [-0.2, 0) is 17.1 Å². The van der Waals surface area contributed by atoms with Crippen LogP contribution in [0, 0.1) is 26.7 Å². The Hall–Kier alpha value is -3.64. The molecule has 0 unspecified atom stereocenters. The van der Waals surface area contributed by atoms with Crippen LogP contribution in [0.5, 0.6) is 5.75 Å². The van der Waals surface area contributed by atoms with E-state index in [-0.39, 0.29) is 16.8 Å². The first-order valence-corrected chi connectivity index (χ1v) is 10.2. The average Bonchev–Trinajstić information content (AvgIpc) is 3.12. The molecule has 1 aromatic carbocycles. The van der Waals surface area contributed by atoms with E-state index in [0.29, 0.717) is 22.5 Å². The summed E-state index contributed by atoms with van der Waals surface area (Å²) >= 11 is 0. The highest BCUT2D eigenvalue weighted by atomic mass is 19.4. The second-order valence-electron chi connectivity index (χ2n) is 8.17. The molecule has 0 spiro atoms. The largest absolute Gasteiger partial charge is 0.438 e. The van der Waals surface area contributed by atoms with Gasteiger partial charge in [0.1, 0.15) is 0 Å². The molecule has 0 aliphatic rings. The number of hydrogen-bond acceptors (Lipinski definition) is 5. The molecule has 3 rings (SSSR count). The van der Waals surface area contributed by atoms with Crippen molar-refractivity contribution in [2.24, 2.45) is 5.92 Å². The van der Waals surface area contributed by atoms with Crippen molar-refractivity contribution in [1.29, 1.82) is 0 Å². The Balaban J connectivity index is 2.46. The van der Waals surface area contributed by atoms with Crippen molar-refractivity contribution in [2.45, 2.75) is 47.0 Å². The van der Waals surface area contributed by atoms with Crippen molar-refractivity contribution >= 4 is 5.97 Å². The van der Waals surface area contributed by atoms with Crippen molar-refractivity contribution in [2.75, 3.05) is 0 Å². The summed E-state index contributed by atoms with van der Waals surface area (Å²) in [4.78, 5) is 25.7. The summed E-state index contributed by atoms with van der Waals surface area (Å²) in [7, 11) is 0. The van der Waals surface area contributed by atoms with Gasteiger partial charge in [-0.05, 0) is 50.1 Å². The summed E-state index contributed by atoms with van der Waals surface area (Å²) in [6, 6.07) is 2.81. The summed E-state index contributed by atoms with van der Waals surface area (Å²) in [6.45, 7) is 6.71.